The Bertz CT molecular complexity index is 818. The number of benzene rings is 1. The zero-order valence-electron chi connectivity index (χ0n) is 14.2. The van der Waals surface area contributed by atoms with E-state index in [0.29, 0.717) is 29.3 Å². The molecule has 3 rings (SSSR count). The number of hydrogen-bond acceptors (Lipinski definition) is 9. The molecule has 0 atom stereocenters. The first-order chi connectivity index (χ1) is 12.2. The van der Waals surface area contributed by atoms with Crippen LogP contribution in [0.25, 0.3) is 0 Å². The Balaban J connectivity index is 1.60. The van der Waals surface area contributed by atoms with Crippen molar-refractivity contribution < 1.29 is 9.15 Å². The largest absolute Gasteiger partial charge is 0.492 e. The fraction of sp³-hybridized carbons (Fsp3) is 0.375. The maximum atomic E-state index is 5.60. The number of para-hydroxylation sites is 2. The average molecular weight is 377 g/mol. The Labute approximate surface area is 154 Å². The lowest BCUT2D eigenvalue weighted by Crippen LogP contribution is -1.97. The van der Waals surface area contributed by atoms with E-state index in [1.165, 1.54) is 23.1 Å². The van der Waals surface area contributed by atoms with Crippen LogP contribution in [0.15, 0.2) is 33.0 Å². The Morgan fingerprint density at radius 2 is 2.04 bits per heavy atom. The molecule has 7 nitrogen and oxygen atoms in total. The molecule has 25 heavy (non-hydrogen) atoms. The van der Waals surface area contributed by atoms with Gasteiger partial charge in [0.2, 0.25) is 16.9 Å². The van der Waals surface area contributed by atoms with Gasteiger partial charge in [-0.2, -0.15) is 0 Å². The van der Waals surface area contributed by atoms with E-state index in [1.54, 1.807) is 0 Å². The molecule has 0 aliphatic carbocycles. The molecule has 2 aromatic heterocycles. The number of hydrogen-bond donors (Lipinski definition) is 1. The van der Waals surface area contributed by atoms with Gasteiger partial charge in [0, 0.05) is 5.92 Å². The highest BCUT2D eigenvalue weighted by Crippen LogP contribution is 2.32. The van der Waals surface area contributed by atoms with Gasteiger partial charge in [-0.25, -0.2) is 0 Å². The summed E-state index contributed by atoms with van der Waals surface area (Å²) in [5.41, 5.74) is 0.871. The van der Waals surface area contributed by atoms with E-state index in [1.807, 2.05) is 45.0 Å². The number of aromatic nitrogens is 4. The SMILES string of the molecule is CCOc1ccccc1Nc1nnc(SCc2nnc(C(C)C)o2)s1. The third kappa shape index (κ3) is 4.70. The van der Waals surface area contributed by atoms with Crippen molar-refractivity contribution in [2.75, 3.05) is 11.9 Å². The Morgan fingerprint density at radius 1 is 1.20 bits per heavy atom. The summed E-state index contributed by atoms with van der Waals surface area (Å²) < 4.78 is 12.0. The van der Waals surface area contributed by atoms with E-state index in [9.17, 15) is 0 Å². The number of nitrogens with one attached hydrogen (secondary N) is 1. The van der Waals surface area contributed by atoms with Crippen molar-refractivity contribution in [3.63, 3.8) is 0 Å². The van der Waals surface area contributed by atoms with Crippen molar-refractivity contribution >= 4 is 33.9 Å². The van der Waals surface area contributed by atoms with Crippen LogP contribution in [-0.4, -0.2) is 27.0 Å². The van der Waals surface area contributed by atoms with Crippen molar-refractivity contribution in [3.8, 4) is 5.75 Å². The summed E-state index contributed by atoms with van der Waals surface area (Å²) in [6, 6.07) is 7.76. The number of anilines is 2. The van der Waals surface area contributed by atoms with Gasteiger partial charge >= 0.3 is 0 Å². The van der Waals surface area contributed by atoms with Gasteiger partial charge in [0.25, 0.3) is 0 Å². The van der Waals surface area contributed by atoms with Crippen LogP contribution in [0, 0.1) is 0 Å². The van der Waals surface area contributed by atoms with E-state index < -0.39 is 0 Å². The molecule has 0 bridgehead atoms. The molecule has 0 spiro atoms. The molecule has 1 N–H and O–H groups in total. The molecule has 9 heteroatoms. The monoisotopic (exact) mass is 377 g/mol. The van der Waals surface area contributed by atoms with Crippen LogP contribution < -0.4 is 10.1 Å². The Morgan fingerprint density at radius 3 is 2.80 bits per heavy atom. The lowest BCUT2D eigenvalue weighted by atomic mass is 10.2. The van der Waals surface area contributed by atoms with Gasteiger partial charge in [-0.1, -0.05) is 49.1 Å². The molecule has 0 aliphatic heterocycles. The number of ether oxygens (including phenoxy) is 1. The van der Waals surface area contributed by atoms with E-state index in [-0.39, 0.29) is 5.92 Å². The van der Waals surface area contributed by atoms with Gasteiger partial charge in [0.05, 0.1) is 18.0 Å². The second-order valence-corrected chi connectivity index (χ2v) is 7.60. The van der Waals surface area contributed by atoms with E-state index >= 15 is 0 Å². The standard InChI is InChI=1S/C16H19N5O2S2/c1-4-22-12-8-6-5-7-11(12)17-15-20-21-16(25-15)24-9-13-18-19-14(23-13)10(2)3/h5-8,10H,4,9H2,1-3H3,(H,17,20). The minimum absolute atomic E-state index is 0.231. The fourth-order valence-corrected chi connectivity index (χ4v) is 3.57. The summed E-state index contributed by atoms with van der Waals surface area (Å²) in [6.45, 7) is 6.61. The van der Waals surface area contributed by atoms with Gasteiger partial charge in [-0.15, -0.1) is 20.4 Å². The Kier molecular flexibility index (Phi) is 5.87. The fourth-order valence-electron chi connectivity index (χ4n) is 1.97. The molecular weight excluding hydrogens is 358 g/mol. The third-order valence-corrected chi connectivity index (χ3v) is 5.09. The molecule has 0 saturated carbocycles. The zero-order valence-corrected chi connectivity index (χ0v) is 15.9. The minimum Gasteiger partial charge on any atom is -0.492 e. The molecule has 1 aromatic carbocycles. The summed E-state index contributed by atoms with van der Waals surface area (Å²) in [7, 11) is 0. The van der Waals surface area contributed by atoms with Gasteiger partial charge < -0.3 is 14.5 Å². The van der Waals surface area contributed by atoms with Gasteiger partial charge in [-0.05, 0) is 19.1 Å². The highest BCUT2D eigenvalue weighted by molar-refractivity contribution is 8.00. The normalized spacial score (nSPS) is 11.0. The van der Waals surface area contributed by atoms with Crippen molar-refractivity contribution in [1.82, 2.24) is 20.4 Å². The van der Waals surface area contributed by atoms with Crippen molar-refractivity contribution in [2.24, 2.45) is 0 Å². The van der Waals surface area contributed by atoms with Crippen LogP contribution in [0.5, 0.6) is 5.75 Å². The molecule has 0 unspecified atom stereocenters. The summed E-state index contributed by atoms with van der Waals surface area (Å²) in [5, 5.41) is 20.4. The van der Waals surface area contributed by atoms with Crippen molar-refractivity contribution in [2.45, 2.75) is 36.8 Å². The molecule has 0 fully saturated rings. The maximum absolute atomic E-state index is 5.60. The second kappa shape index (κ2) is 8.30. The Hall–Kier alpha value is -2.13. The third-order valence-electron chi connectivity index (χ3n) is 3.13. The van der Waals surface area contributed by atoms with E-state index in [2.05, 4.69) is 25.7 Å². The first kappa shape index (κ1) is 17.7. The zero-order chi connectivity index (χ0) is 17.6. The van der Waals surface area contributed by atoms with Crippen LogP contribution in [0.3, 0.4) is 0 Å². The lowest BCUT2D eigenvalue weighted by molar-refractivity contribution is 0.342. The van der Waals surface area contributed by atoms with Gasteiger partial charge in [0.1, 0.15) is 5.75 Å². The number of nitrogens with zero attached hydrogens (tertiary/aromatic N) is 4. The van der Waals surface area contributed by atoms with Crippen LogP contribution in [0.1, 0.15) is 38.5 Å². The molecular formula is C16H19N5O2S2. The molecule has 2 heterocycles. The smallest absolute Gasteiger partial charge is 0.226 e. The number of rotatable bonds is 8. The predicted octanol–water partition coefficient (Wildman–Crippen LogP) is 4.48. The van der Waals surface area contributed by atoms with Crippen LogP contribution >= 0.6 is 23.1 Å². The lowest BCUT2D eigenvalue weighted by Gasteiger charge is -2.09. The van der Waals surface area contributed by atoms with Gasteiger partial charge in [-0.3, -0.25) is 0 Å². The summed E-state index contributed by atoms with van der Waals surface area (Å²) in [6.07, 6.45) is 0. The maximum Gasteiger partial charge on any atom is 0.226 e. The topological polar surface area (TPSA) is 86.0 Å². The molecule has 0 saturated heterocycles. The average Bonchev–Trinajstić information content (AvgIpc) is 3.24. The van der Waals surface area contributed by atoms with E-state index in [4.69, 9.17) is 9.15 Å². The second-order valence-electron chi connectivity index (χ2n) is 5.40. The summed E-state index contributed by atoms with van der Waals surface area (Å²) in [5.74, 6) is 2.85. The highest BCUT2D eigenvalue weighted by atomic mass is 32.2. The molecule has 3 aromatic rings. The first-order valence-corrected chi connectivity index (χ1v) is 9.73. The molecule has 132 valence electrons. The number of thioether (sulfide) groups is 1. The molecule has 0 amide bonds. The minimum atomic E-state index is 0.231. The molecule has 0 radical (unpaired) electrons. The van der Waals surface area contributed by atoms with Crippen molar-refractivity contribution in [1.29, 1.82) is 0 Å². The van der Waals surface area contributed by atoms with Crippen LogP contribution in [0.4, 0.5) is 10.8 Å². The van der Waals surface area contributed by atoms with Crippen molar-refractivity contribution in [3.05, 3.63) is 36.0 Å². The summed E-state index contributed by atoms with van der Waals surface area (Å²) >= 11 is 2.99. The highest BCUT2D eigenvalue weighted by Gasteiger charge is 2.12. The van der Waals surface area contributed by atoms with Crippen LogP contribution in [-0.2, 0) is 5.75 Å². The van der Waals surface area contributed by atoms with E-state index in [0.717, 1.165) is 15.8 Å². The van der Waals surface area contributed by atoms with Gasteiger partial charge in [0.15, 0.2) is 4.34 Å². The summed E-state index contributed by atoms with van der Waals surface area (Å²) in [4.78, 5) is 0. The first-order valence-electron chi connectivity index (χ1n) is 7.93. The molecule has 0 aliphatic rings. The van der Waals surface area contributed by atoms with Crippen LogP contribution in [0.2, 0.25) is 0 Å². The quantitative estimate of drug-likeness (QED) is 0.575. The predicted molar refractivity (Wildman–Crippen MR) is 98.8 cm³/mol.